The summed E-state index contributed by atoms with van der Waals surface area (Å²) in [5.74, 6) is 0. The third-order valence-electron chi connectivity index (χ3n) is 0.788. The summed E-state index contributed by atoms with van der Waals surface area (Å²) in [5, 5.41) is 5.42. The van der Waals surface area contributed by atoms with Gasteiger partial charge in [0.05, 0.1) is 0 Å². The standard InChI is InChI=1S/C6H11N2O/c1-2-3-7-4-5-8-6-9/h2,7H,1,3-5H2,(H,8,9). The minimum Gasteiger partial charge on any atom is -0.347 e. The largest absolute Gasteiger partial charge is 0.347 e. The molecule has 51 valence electrons. The minimum atomic E-state index is 0.622. The van der Waals surface area contributed by atoms with E-state index < -0.39 is 0 Å². The van der Waals surface area contributed by atoms with Crippen molar-refractivity contribution in [3.05, 3.63) is 12.7 Å². The van der Waals surface area contributed by atoms with Gasteiger partial charge in [0, 0.05) is 19.6 Å². The first-order valence-electron chi connectivity index (χ1n) is 2.83. The Labute approximate surface area is 55.1 Å². The molecule has 0 spiro atoms. The van der Waals surface area contributed by atoms with E-state index in [2.05, 4.69) is 17.2 Å². The molecule has 0 bridgehead atoms. The van der Waals surface area contributed by atoms with Crippen molar-refractivity contribution >= 4 is 6.41 Å². The van der Waals surface area contributed by atoms with E-state index in [1.807, 2.05) is 0 Å². The molecule has 0 aliphatic rings. The van der Waals surface area contributed by atoms with Crippen LogP contribution in [0, 0.1) is 0 Å². The molecule has 2 N–H and O–H groups in total. The van der Waals surface area contributed by atoms with Gasteiger partial charge in [-0.05, 0) is 0 Å². The van der Waals surface area contributed by atoms with Crippen molar-refractivity contribution in [3.63, 3.8) is 0 Å². The molecule has 0 aromatic carbocycles. The van der Waals surface area contributed by atoms with Crippen LogP contribution in [0.15, 0.2) is 12.7 Å². The summed E-state index contributed by atoms with van der Waals surface area (Å²) in [7, 11) is 0. The molecule has 0 aliphatic heterocycles. The highest BCUT2D eigenvalue weighted by Gasteiger charge is 1.80. The number of hydrogen-bond acceptors (Lipinski definition) is 2. The van der Waals surface area contributed by atoms with Crippen LogP contribution < -0.4 is 10.6 Å². The van der Waals surface area contributed by atoms with Crippen molar-refractivity contribution in [2.24, 2.45) is 0 Å². The monoisotopic (exact) mass is 127 g/mol. The first kappa shape index (κ1) is 8.17. The Morgan fingerprint density at radius 3 is 2.89 bits per heavy atom. The predicted molar refractivity (Wildman–Crippen MR) is 36.8 cm³/mol. The molecule has 0 aliphatic carbocycles. The van der Waals surface area contributed by atoms with Gasteiger partial charge in [0.25, 0.3) is 0 Å². The summed E-state index contributed by atoms with van der Waals surface area (Å²) in [5.41, 5.74) is 0. The SMILES string of the molecule is C=CCNCCN[C]=O. The van der Waals surface area contributed by atoms with Crippen LogP contribution in [0.5, 0.6) is 0 Å². The molecule has 1 amide bonds. The van der Waals surface area contributed by atoms with Crippen LogP contribution in [-0.4, -0.2) is 26.0 Å². The second-order valence-electron chi connectivity index (χ2n) is 1.52. The normalized spacial score (nSPS) is 8.44. The van der Waals surface area contributed by atoms with E-state index in [1.54, 1.807) is 12.5 Å². The van der Waals surface area contributed by atoms with Crippen molar-refractivity contribution in [1.82, 2.24) is 10.6 Å². The highest BCUT2D eigenvalue weighted by molar-refractivity contribution is 5.46. The molecule has 0 rings (SSSR count). The summed E-state index contributed by atoms with van der Waals surface area (Å²) in [6, 6.07) is 0. The zero-order chi connectivity index (χ0) is 6.95. The molecule has 0 fully saturated rings. The third kappa shape index (κ3) is 7.17. The summed E-state index contributed by atoms with van der Waals surface area (Å²) >= 11 is 0. The number of nitrogens with one attached hydrogen (secondary N) is 2. The van der Waals surface area contributed by atoms with E-state index >= 15 is 0 Å². The zero-order valence-electron chi connectivity index (χ0n) is 5.31. The van der Waals surface area contributed by atoms with Gasteiger partial charge in [-0.25, -0.2) is 0 Å². The molecule has 0 heterocycles. The lowest BCUT2D eigenvalue weighted by atomic mass is 10.5. The average molecular weight is 127 g/mol. The first-order chi connectivity index (χ1) is 4.41. The van der Waals surface area contributed by atoms with E-state index in [4.69, 9.17) is 0 Å². The van der Waals surface area contributed by atoms with Crippen LogP contribution in [-0.2, 0) is 4.79 Å². The van der Waals surface area contributed by atoms with Crippen LogP contribution in [0.3, 0.4) is 0 Å². The number of rotatable bonds is 6. The molecule has 9 heavy (non-hydrogen) atoms. The van der Waals surface area contributed by atoms with E-state index in [-0.39, 0.29) is 0 Å². The molecule has 0 unspecified atom stereocenters. The Bertz CT molecular complexity index is 73.1. The Morgan fingerprint density at radius 2 is 2.33 bits per heavy atom. The highest BCUT2D eigenvalue weighted by Crippen LogP contribution is 1.58. The lowest BCUT2D eigenvalue weighted by Gasteiger charge is -1.97. The van der Waals surface area contributed by atoms with Gasteiger partial charge in [-0.2, -0.15) is 0 Å². The molecule has 0 aromatic heterocycles. The summed E-state index contributed by atoms with van der Waals surface area (Å²) < 4.78 is 0. The second kappa shape index (κ2) is 7.17. The van der Waals surface area contributed by atoms with Gasteiger partial charge in [0.1, 0.15) is 0 Å². The second-order valence-corrected chi connectivity index (χ2v) is 1.52. The zero-order valence-corrected chi connectivity index (χ0v) is 5.31. The number of amides is 1. The van der Waals surface area contributed by atoms with Crippen LogP contribution in [0.25, 0.3) is 0 Å². The molecule has 0 saturated heterocycles. The van der Waals surface area contributed by atoms with Gasteiger partial charge in [0.15, 0.2) is 0 Å². The summed E-state index contributed by atoms with van der Waals surface area (Å²) in [6.45, 7) is 5.68. The van der Waals surface area contributed by atoms with Gasteiger partial charge in [-0.1, -0.05) is 6.08 Å². The Kier molecular flexibility index (Phi) is 6.51. The molecule has 0 atom stereocenters. The van der Waals surface area contributed by atoms with E-state index in [0.717, 1.165) is 13.1 Å². The maximum Gasteiger partial charge on any atom is 0.309 e. The quantitative estimate of drug-likeness (QED) is 0.285. The Hall–Kier alpha value is -0.830. The van der Waals surface area contributed by atoms with Gasteiger partial charge < -0.3 is 10.6 Å². The fourth-order valence-electron chi connectivity index (χ4n) is 0.406. The van der Waals surface area contributed by atoms with Crippen LogP contribution >= 0.6 is 0 Å². The van der Waals surface area contributed by atoms with E-state index in [0.29, 0.717) is 6.54 Å². The molecule has 3 heteroatoms. The number of carbonyl (C=O) groups excluding carboxylic acids is 1. The highest BCUT2D eigenvalue weighted by atomic mass is 16.1. The molecular weight excluding hydrogens is 116 g/mol. The lowest BCUT2D eigenvalue weighted by molar-refractivity contribution is 0.540. The molecular formula is C6H11N2O. The maximum absolute atomic E-state index is 9.55. The van der Waals surface area contributed by atoms with Gasteiger partial charge in [0.2, 0.25) is 0 Å². The van der Waals surface area contributed by atoms with Crippen molar-refractivity contribution < 1.29 is 4.79 Å². The lowest BCUT2D eigenvalue weighted by Crippen LogP contribution is -2.26. The fraction of sp³-hybridized carbons (Fsp3) is 0.500. The Balaban J connectivity index is 2.74. The van der Waals surface area contributed by atoms with Gasteiger partial charge >= 0.3 is 6.41 Å². The predicted octanol–water partition coefficient (Wildman–Crippen LogP) is -0.581. The number of hydrogen-bond donors (Lipinski definition) is 2. The molecule has 0 saturated carbocycles. The van der Waals surface area contributed by atoms with E-state index in [9.17, 15) is 4.79 Å². The molecule has 0 aromatic rings. The van der Waals surface area contributed by atoms with Crippen molar-refractivity contribution in [3.8, 4) is 0 Å². The van der Waals surface area contributed by atoms with Crippen molar-refractivity contribution in [1.29, 1.82) is 0 Å². The smallest absolute Gasteiger partial charge is 0.309 e. The van der Waals surface area contributed by atoms with Gasteiger partial charge in [-0.15, -0.1) is 6.58 Å². The van der Waals surface area contributed by atoms with Gasteiger partial charge in [-0.3, -0.25) is 4.79 Å². The Morgan fingerprint density at radius 1 is 1.56 bits per heavy atom. The summed E-state index contributed by atoms with van der Waals surface area (Å²) in [4.78, 5) is 9.55. The maximum atomic E-state index is 9.55. The fourth-order valence-corrected chi connectivity index (χ4v) is 0.406. The van der Waals surface area contributed by atoms with E-state index in [1.165, 1.54) is 0 Å². The van der Waals surface area contributed by atoms with Crippen LogP contribution in [0.4, 0.5) is 0 Å². The first-order valence-corrected chi connectivity index (χ1v) is 2.83. The van der Waals surface area contributed by atoms with Crippen LogP contribution in [0.2, 0.25) is 0 Å². The minimum absolute atomic E-state index is 0.622. The van der Waals surface area contributed by atoms with Crippen molar-refractivity contribution in [2.75, 3.05) is 19.6 Å². The van der Waals surface area contributed by atoms with Crippen LogP contribution in [0.1, 0.15) is 0 Å². The van der Waals surface area contributed by atoms with Crippen molar-refractivity contribution in [2.45, 2.75) is 0 Å². The third-order valence-corrected chi connectivity index (χ3v) is 0.788. The molecule has 3 nitrogen and oxygen atoms in total. The molecule has 1 radical (unpaired) electrons. The average Bonchev–Trinajstić information content (AvgIpc) is 1.89. The topological polar surface area (TPSA) is 41.1 Å². The summed E-state index contributed by atoms with van der Waals surface area (Å²) in [6.07, 6.45) is 3.35.